The summed E-state index contributed by atoms with van der Waals surface area (Å²) < 4.78 is 9.04. The minimum absolute atomic E-state index is 0.205. The van der Waals surface area contributed by atoms with Crippen LogP contribution in [0.15, 0.2) is 60.8 Å². The minimum atomic E-state index is -0.205. The molecule has 0 radical (unpaired) electrons. The lowest BCUT2D eigenvalue weighted by atomic mass is 10.0. The van der Waals surface area contributed by atoms with Gasteiger partial charge >= 0.3 is 0 Å². The number of amides is 1. The summed E-state index contributed by atoms with van der Waals surface area (Å²) in [5, 5.41) is 12.9. The van der Waals surface area contributed by atoms with Gasteiger partial charge in [0.15, 0.2) is 0 Å². The predicted molar refractivity (Wildman–Crippen MR) is 140 cm³/mol. The van der Waals surface area contributed by atoms with Crippen molar-refractivity contribution in [3.05, 3.63) is 89.0 Å². The Morgan fingerprint density at radius 2 is 1.83 bits per heavy atom. The van der Waals surface area contributed by atoms with Crippen LogP contribution in [0.5, 0.6) is 5.75 Å². The maximum absolute atomic E-state index is 13.6. The van der Waals surface area contributed by atoms with Crippen molar-refractivity contribution in [1.82, 2.24) is 24.5 Å². The predicted octanol–water partition coefficient (Wildman–Crippen LogP) is 5.07. The van der Waals surface area contributed by atoms with Crippen molar-refractivity contribution in [2.75, 3.05) is 12.4 Å². The topological polar surface area (TPSA) is 86.9 Å². The Hall–Kier alpha value is -4.46. The van der Waals surface area contributed by atoms with Crippen molar-refractivity contribution in [3.63, 3.8) is 0 Å². The van der Waals surface area contributed by atoms with Gasteiger partial charge < -0.3 is 10.1 Å². The molecule has 0 aliphatic heterocycles. The van der Waals surface area contributed by atoms with Gasteiger partial charge in [0, 0.05) is 23.7 Å². The van der Waals surface area contributed by atoms with E-state index >= 15 is 0 Å². The van der Waals surface area contributed by atoms with Crippen LogP contribution in [0.25, 0.3) is 22.2 Å². The molecule has 8 heteroatoms. The highest BCUT2D eigenvalue weighted by Gasteiger charge is 2.20. The number of rotatable bonds is 6. The molecule has 5 rings (SSSR count). The number of pyridine rings is 1. The Morgan fingerprint density at radius 3 is 2.58 bits per heavy atom. The molecular weight excluding hydrogens is 452 g/mol. The average molecular weight is 481 g/mol. The van der Waals surface area contributed by atoms with Crippen LogP contribution in [0, 0.1) is 20.8 Å². The second-order valence-corrected chi connectivity index (χ2v) is 8.85. The minimum Gasteiger partial charge on any atom is -0.497 e. The Balaban J connectivity index is 1.50. The molecule has 3 heterocycles. The average Bonchev–Trinajstić information content (AvgIpc) is 3.35. The summed E-state index contributed by atoms with van der Waals surface area (Å²) in [6.45, 7) is 6.43. The summed E-state index contributed by atoms with van der Waals surface area (Å²) >= 11 is 0. The number of nitrogens with one attached hydrogen (secondary N) is 1. The molecule has 2 aromatic carbocycles. The number of ether oxygens (including phenoxy) is 1. The van der Waals surface area contributed by atoms with E-state index in [1.807, 2.05) is 87.1 Å². The maximum atomic E-state index is 13.6. The smallest absolute Gasteiger partial charge is 0.256 e. The van der Waals surface area contributed by atoms with E-state index in [9.17, 15) is 4.79 Å². The van der Waals surface area contributed by atoms with Crippen LogP contribution in [-0.4, -0.2) is 37.6 Å². The van der Waals surface area contributed by atoms with Gasteiger partial charge in [-0.2, -0.15) is 10.2 Å². The molecule has 3 aromatic heterocycles. The van der Waals surface area contributed by atoms with Gasteiger partial charge in [-0.3, -0.25) is 14.2 Å². The van der Waals surface area contributed by atoms with E-state index in [0.29, 0.717) is 23.5 Å². The van der Waals surface area contributed by atoms with E-state index < -0.39 is 0 Å². The molecule has 0 atom stereocenters. The molecule has 0 aliphatic carbocycles. The van der Waals surface area contributed by atoms with E-state index in [4.69, 9.17) is 9.72 Å². The molecule has 0 unspecified atom stereocenters. The number of hydrogen-bond acceptors (Lipinski definition) is 5. The molecule has 182 valence electrons. The first-order chi connectivity index (χ1) is 17.4. The standard InChI is InChI=1S/C28H28N6O2/c1-17-27(19(3)34(32-17)16-20-9-8-10-21(13-20)36-5)31-28(35)23-14-26(24-15-29-33(4)18(24)2)30-25-12-7-6-11-22(23)25/h6-15H,16H2,1-5H3,(H,31,35). The van der Waals surface area contributed by atoms with Gasteiger partial charge in [0.05, 0.1) is 53.7 Å². The summed E-state index contributed by atoms with van der Waals surface area (Å²) in [6.07, 6.45) is 1.78. The number of carbonyl (C=O) groups is 1. The first-order valence-electron chi connectivity index (χ1n) is 11.7. The number of benzene rings is 2. The van der Waals surface area contributed by atoms with E-state index in [1.54, 1.807) is 18.0 Å². The van der Waals surface area contributed by atoms with Crippen LogP contribution >= 0.6 is 0 Å². The van der Waals surface area contributed by atoms with Crippen molar-refractivity contribution in [3.8, 4) is 17.0 Å². The fraction of sp³-hybridized carbons (Fsp3) is 0.214. The van der Waals surface area contributed by atoms with Gasteiger partial charge in [0.2, 0.25) is 0 Å². The molecule has 1 N–H and O–H groups in total. The molecule has 1 amide bonds. The number of para-hydroxylation sites is 1. The summed E-state index contributed by atoms with van der Waals surface area (Å²) in [5.74, 6) is 0.593. The SMILES string of the molecule is COc1cccc(Cn2nc(C)c(NC(=O)c3cc(-c4cnn(C)c4C)nc4ccccc34)c2C)c1. The van der Waals surface area contributed by atoms with Gasteiger partial charge in [0.25, 0.3) is 5.91 Å². The Morgan fingerprint density at radius 1 is 1.03 bits per heavy atom. The molecule has 36 heavy (non-hydrogen) atoms. The van der Waals surface area contributed by atoms with Crippen molar-refractivity contribution < 1.29 is 9.53 Å². The van der Waals surface area contributed by atoms with Crippen LogP contribution in [0.4, 0.5) is 5.69 Å². The molecule has 0 saturated carbocycles. The first kappa shape index (κ1) is 23.3. The molecule has 0 saturated heterocycles. The van der Waals surface area contributed by atoms with E-state index in [-0.39, 0.29) is 5.91 Å². The van der Waals surface area contributed by atoms with Crippen LogP contribution in [0.2, 0.25) is 0 Å². The number of carbonyl (C=O) groups excluding carboxylic acids is 1. The molecule has 0 spiro atoms. The molecule has 0 bridgehead atoms. The van der Waals surface area contributed by atoms with Gasteiger partial charge in [-0.25, -0.2) is 4.98 Å². The molecule has 0 fully saturated rings. The Labute approximate surface area is 209 Å². The molecule has 0 aliphatic rings. The van der Waals surface area contributed by atoms with Gasteiger partial charge in [-0.15, -0.1) is 0 Å². The number of aromatic nitrogens is 5. The van der Waals surface area contributed by atoms with Gasteiger partial charge in [0.1, 0.15) is 5.75 Å². The van der Waals surface area contributed by atoms with Gasteiger partial charge in [-0.1, -0.05) is 30.3 Å². The number of methoxy groups -OCH3 is 1. The maximum Gasteiger partial charge on any atom is 0.256 e. The molecule has 5 aromatic rings. The summed E-state index contributed by atoms with van der Waals surface area (Å²) in [4.78, 5) is 18.5. The van der Waals surface area contributed by atoms with E-state index in [2.05, 4.69) is 15.5 Å². The summed E-state index contributed by atoms with van der Waals surface area (Å²) in [5.41, 5.74) is 7.31. The fourth-order valence-corrected chi connectivity index (χ4v) is 4.41. The van der Waals surface area contributed by atoms with Crippen molar-refractivity contribution in [2.24, 2.45) is 7.05 Å². The zero-order valence-corrected chi connectivity index (χ0v) is 21.0. The lowest BCUT2D eigenvalue weighted by molar-refractivity contribution is 0.102. The van der Waals surface area contributed by atoms with Crippen LogP contribution in [0.1, 0.15) is 33.0 Å². The number of anilines is 1. The van der Waals surface area contributed by atoms with Crippen LogP contribution in [-0.2, 0) is 13.6 Å². The number of hydrogen-bond donors (Lipinski definition) is 1. The van der Waals surface area contributed by atoms with E-state index in [1.165, 1.54) is 0 Å². The lowest BCUT2D eigenvalue weighted by Crippen LogP contribution is -2.14. The summed E-state index contributed by atoms with van der Waals surface area (Å²) in [6, 6.07) is 17.4. The zero-order chi connectivity index (χ0) is 25.4. The van der Waals surface area contributed by atoms with Crippen molar-refractivity contribution >= 4 is 22.5 Å². The van der Waals surface area contributed by atoms with Crippen LogP contribution in [0.3, 0.4) is 0 Å². The van der Waals surface area contributed by atoms with Crippen molar-refractivity contribution in [1.29, 1.82) is 0 Å². The second-order valence-electron chi connectivity index (χ2n) is 8.85. The monoisotopic (exact) mass is 480 g/mol. The normalized spacial score (nSPS) is 11.1. The number of nitrogens with zero attached hydrogens (tertiary/aromatic N) is 5. The second kappa shape index (κ2) is 9.30. The zero-order valence-electron chi connectivity index (χ0n) is 21.0. The largest absolute Gasteiger partial charge is 0.497 e. The van der Waals surface area contributed by atoms with Crippen LogP contribution < -0.4 is 10.1 Å². The number of aryl methyl sites for hydroxylation is 2. The summed E-state index contributed by atoms with van der Waals surface area (Å²) in [7, 11) is 3.54. The Kier molecular flexibility index (Phi) is 6.01. The Bertz CT molecular complexity index is 1600. The third-order valence-corrected chi connectivity index (χ3v) is 6.56. The van der Waals surface area contributed by atoms with Gasteiger partial charge in [-0.05, 0) is 50.6 Å². The fourth-order valence-electron chi connectivity index (χ4n) is 4.41. The number of fused-ring (bicyclic) bond motifs is 1. The van der Waals surface area contributed by atoms with E-state index in [0.717, 1.165) is 44.9 Å². The molecule has 8 nitrogen and oxygen atoms in total. The highest BCUT2D eigenvalue weighted by Crippen LogP contribution is 2.28. The first-order valence-corrected chi connectivity index (χ1v) is 11.7. The highest BCUT2D eigenvalue weighted by atomic mass is 16.5. The highest BCUT2D eigenvalue weighted by molar-refractivity contribution is 6.13. The van der Waals surface area contributed by atoms with Crippen molar-refractivity contribution in [2.45, 2.75) is 27.3 Å². The lowest BCUT2D eigenvalue weighted by Gasteiger charge is -2.11. The molecular formula is C28H28N6O2. The quantitative estimate of drug-likeness (QED) is 0.367. The third kappa shape index (κ3) is 4.22. The third-order valence-electron chi connectivity index (χ3n) is 6.56.